The lowest BCUT2D eigenvalue weighted by Gasteiger charge is -2.17. The maximum Gasteiger partial charge on any atom is 0.328 e. The number of fused-ring (bicyclic) bond motifs is 1. The average molecular weight is 362 g/mol. The van der Waals surface area contributed by atoms with Gasteiger partial charge in [0.05, 0.1) is 18.2 Å². The molecule has 0 unspecified atom stereocenters. The molecular formula is C22H22N2O3. The predicted octanol–water partition coefficient (Wildman–Crippen LogP) is 3.53. The van der Waals surface area contributed by atoms with Crippen molar-refractivity contribution in [3.63, 3.8) is 0 Å². The molecule has 1 amide bonds. The molecule has 3 aromatic rings. The molecule has 0 fully saturated rings. The van der Waals surface area contributed by atoms with E-state index in [1.165, 1.54) is 12.7 Å². The number of benzene rings is 2. The maximum absolute atomic E-state index is 12.8. The first kappa shape index (κ1) is 18.6. The number of para-hydroxylation sites is 1. The van der Waals surface area contributed by atoms with E-state index < -0.39 is 12.0 Å². The summed E-state index contributed by atoms with van der Waals surface area (Å²) in [6, 6.07) is 18.5. The Balaban J connectivity index is 1.70. The smallest absolute Gasteiger partial charge is 0.328 e. The highest BCUT2D eigenvalue weighted by molar-refractivity contribution is 6.07. The van der Waals surface area contributed by atoms with E-state index in [0.717, 1.165) is 23.7 Å². The van der Waals surface area contributed by atoms with Crippen LogP contribution in [0.25, 0.3) is 10.9 Å². The summed E-state index contributed by atoms with van der Waals surface area (Å²) in [6.45, 7) is 0. The molecule has 3 rings (SSSR count). The zero-order chi connectivity index (χ0) is 19.1. The van der Waals surface area contributed by atoms with E-state index in [1.807, 2.05) is 42.5 Å². The van der Waals surface area contributed by atoms with Gasteiger partial charge in [-0.1, -0.05) is 48.5 Å². The van der Waals surface area contributed by atoms with Crippen LogP contribution in [0, 0.1) is 0 Å². The molecule has 0 aliphatic carbocycles. The molecule has 0 aliphatic rings. The SMILES string of the molecule is COC(=O)[C@@H](CCCc1ccccc1)NC(=O)c1ccnc2ccccc12. The van der Waals surface area contributed by atoms with E-state index in [0.29, 0.717) is 12.0 Å². The topological polar surface area (TPSA) is 68.3 Å². The lowest BCUT2D eigenvalue weighted by Crippen LogP contribution is -2.41. The molecule has 138 valence electrons. The van der Waals surface area contributed by atoms with Crippen LogP contribution in [0.1, 0.15) is 28.8 Å². The zero-order valence-corrected chi connectivity index (χ0v) is 15.2. The van der Waals surface area contributed by atoms with Crippen LogP contribution in [0.3, 0.4) is 0 Å². The van der Waals surface area contributed by atoms with Crippen molar-refractivity contribution in [1.82, 2.24) is 10.3 Å². The minimum Gasteiger partial charge on any atom is -0.467 e. The Morgan fingerprint density at radius 3 is 2.56 bits per heavy atom. The maximum atomic E-state index is 12.8. The second-order valence-electron chi connectivity index (χ2n) is 6.30. The van der Waals surface area contributed by atoms with E-state index in [1.54, 1.807) is 12.3 Å². The zero-order valence-electron chi connectivity index (χ0n) is 15.2. The van der Waals surface area contributed by atoms with Crippen molar-refractivity contribution in [2.45, 2.75) is 25.3 Å². The van der Waals surface area contributed by atoms with Gasteiger partial charge in [-0.25, -0.2) is 4.79 Å². The predicted molar refractivity (Wildman–Crippen MR) is 104 cm³/mol. The number of carbonyl (C=O) groups is 2. The Bertz CT molecular complexity index is 920. The average Bonchev–Trinajstić information content (AvgIpc) is 2.72. The highest BCUT2D eigenvalue weighted by Crippen LogP contribution is 2.17. The van der Waals surface area contributed by atoms with Crippen LogP contribution in [-0.2, 0) is 16.0 Å². The van der Waals surface area contributed by atoms with E-state index in [4.69, 9.17) is 4.74 Å². The first-order chi connectivity index (χ1) is 13.2. The molecule has 1 atom stereocenters. The number of aryl methyl sites for hydroxylation is 1. The van der Waals surface area contributed by atoms with Gasteiger partial charge in [0, 0.05) is 11.6 Å². The van der Waals surface area contributed by atoms with Crippen LogP contribution in [0.2, 0.25) is 0 Å². The third-order valence-electron chi connectivity index (χ3n) is 4.49. The van der Waals surface area contributed by atoms with Crippen molar-refractivity contribution < 1.29 is 14.3 Å². The van der Waals surface area contributed by atoms with E-state index in [-0.39, 0.29) is 5.91 Å². The van der Waals surface area contributed by atoms with Crippen LogP contribution in [0.15, 0.2) is 66.9 Å². The molecule has 0 saturated heterocycles. The lowest BCUT2D eigenvalue weighted by atomic mass is 10.0. The molecule has 27 heavy (non-hydrogen) atoms. The summed E-state index contributed by atoms with van der Waals surface area (Å²) < 4.78 is 4.87. The quantitative estimate of drug-likeness (QED) is 0.653. The standard InChI is InChI=1S/C22H22N2O3/c1-27-22(26)20(13-7-10-16-8-3-2-4-9-16)24-21(25)18-14-15-23-19-12-6-5-11-17(18)19/h2-6,8-9,11-12,14-15,20H,7,10,13H2,1H3,(H,24,25)/t20-/m1/s1. The molecular weight excluding hydrogens is 340 g/mol. The fourth-order valence-electron chi connectivity index (χ4n) is 3.08. The Labute approximate surface area is 158 Å². The van der Waals surface area contributed by atoms with Gasteiger partial charge in [-0.15, -0.1) is 0 Å². The van der Waals surface area contributed by atoms with Crippen molar-refractivity contribution in [3.8, 4) is 0 Å². The number of nitrogens with zero attached hydrogens (tertiary/aromatic N) is 1. The monoisotopic (exact) mass is 362 g/mol. The number of hydrogen-bond acceptors (Lipinski definition) is 4. The van der Waals surface area contributed by atoms with Crippen molar-refractivity contribution >= 4 is 22.8 Å². The Morgan fingerprint density at radius 1 is 1.04 bits per heavy atom. The molecule has 0 radical (unpaired) electrons. The summed E-state index contributed by atoms with van der Waals surface area (Å²) >= 11 is 0. The highest BCUT2D eigenvalue weighted by Gasteiger charge is 2.22. The molecule has 0 bridgehead atoms. The second-order valence-corrected chi connectivity index (χ2v) is 6.30. The first-order valence-corrected chi connectivity index (χ1v) is 8.95. The van der Waals surface area contributed by atoms with Crippen LogP contribution >= 0.6 is 0 Å². The van der Waals surface area contributed by atoms with Gasteiger partial charge in [0.15, 0.2) is 0 Å². The molecule has 1 heterocycles. The highest BCUT2D eigenvalue weighted by atomic mass is 16.5. The van der Waals surface area contributed by atoms with Crippen LogP contribution in [-0.4, -0.2) is 30.0 Å². The van der Waals surface area contributed by atoms with Gasteiger partial charge in [0.25, 0.3) is 5.91 Å². The largest absolute Gasteiger partial charge is 0.467 e. The molecule has 0 saturated carbocycles. The molecule has 0 spiro atoms. The van der Waals surface area contributed by atoms with Gasteiger partial charge in [-0.3, -0.25) is 9.78 Å². The first-order valence-electron chi connectivity index (χ1n) is 8.95. The molecule has 2 aromatic carbocycles. The normalized spacial score (nSPS) is 11.7. The Hall–Kier alpha value is -3.21. The van der Waals surface area contributed by atoms with Crippen LogP contribution in [0.5, 0.6) is 0 Å². The molecule has 5 heteroatoms. The minimum atomic E-state index is -0.682. The van der Waals surface area contributed by atoms with Gasteiger partial charge >= 0.3 is 5.97 Å². The molecule has 1 aromatic heterocycles. The third-order valence-corrected chi connectivity index (χ3v) is 4.49. The lowest BCUT2D eigenvalue weighted by molar-refractivity contribution is -0.143. The second kappa shape index (κ2) is 8.94. The number of hydrogen-bond donors (Lipinski definition) is 1. The number of methoxy groups -OCH3 is 1. The summed E-state index contributed by atoms with van der Waals surface area (Å²) in [5.41, 5.74) is 2.44. The number of carbonyl (C=O) groups excluding carboxylic acids is 2. The molecule has 1 N–H and O–H groups in total. The molecule has 5 nitrogen and oxygen atoms in total. The van der Waals surface area contributed by atoms with Crippen LogP contribution in [0.4, 0.5) is 0 Å². The minimum absolute atomic E-state index is 0.302. The number of esters is 1. The summed E-state index contributed by atoms with van der Waals surface area (Å²) in [5.74, 6) is -0.738. The number of pyridine rings is 1. The number of rotatable bonds is 7. The van der Waals surface area contributed by atoms with Crippen molar-refractivity contribution in [2.24, 2.45) is 0 Å². The Kier molecular flexibility index (Phi) is 6.15. The van der Waals surface area contributed by atoms with Gasteiger partial charge in [0.2, 0.25) is 0 Å². The van der Waals surface area contributed by atoms with E-state index >= 15 is 0 Å². The van der Waals surface area contributed by atoms with E-state index in [9.17, 15) is 9.59 Å². The van der Waals surface area contributed by atoms with Crippen molar-refractivity contribution in [1.29, 1.82) is 0 Å². The van der Waals surface area contributed by atoms with Gasteiger partial charge < -0.3 is 10.1 Å². The van der Waals surface area contributed by atoms with Gasteiger partial charge in [-0.05, 0) is 37.0 Å². The third kappa shape index (κ3) is 4.70. The van der Waals surface area contributed by atoms with E-state index in [2.05, 4.69) is 22.4 Å². The Morgan fingerprint density at radius 2 is 1.78 bits per heavy atom. The number of ether oxygens (including phenoxy) is 1. The summed E-state index contributed by atoms with van der Waals surface area (Å²) in [7, 11) is 1.33. The molecule has 0 aliphatic heterocycles. The number of aromatic nitrogens is 1. The fraction of sp³-hybridized carbons (Fsp3) is 0.227. The number of nitrogens with one attached hydrogen (secondary N) is 1. The van der Waals surface area contributed by atoms with Gasteiger partial charge in [-0.2, -0.15) is 0 Å². The van der Waals surface area contributed by atoms with Crippen LogP contribution < -0.4 is 5.32 Å². The van der Waals surface area contributed by atoms with Crippen molar-refractivity contribution in [3.05, 3.63) is 78.0 Å². The number of amides is 1. The van der Waals surface area contributed by atoms with Gasteiger partial charge in [0.1, 0.15) is 6.04 Å². The fourth-order valence-corrected chi connectivity index (χ4v) is 3.08. The summed E-state index contributed by atoms with van der Waals surface area (Å²) in [5, 5.41) is 3.58. The summed E-state index contributed by atoms with van der Waals surface area (Å²) in [4.78, 5) is 29.2. The summed E-state index contributed by atoms with van der Waals surface area (Å²) in [6.07, 6.45) is 3.71. The van der Waals surface area contributed by atoms with Crippen molar-refractivity contribution in [2.75, 3.05) is 7.11 Å².